The Morgan fingerprint density at radius 1 is 1.17 bits per heavy atom. The van der Waals surface area contributed by atoms with Gasteiger partial charge in [-0.05, 0) is 18.8 Å². The van der Waals surface area contributed by atoms with Gasteiger partial charge in [-0.2, -0.15) is 0 Å². The van der Waals surface area contributed by atoms with Gasteiger partial charge in [-0.15, -0.1) is 0 Å². The molecule has 9 heteroatoms. The van der Waals surface area contributed by atoms with Gasteiger partial charge in [-0.3, -0.25) is 19.4 Å². The molecule has 0 saturated heterocycles. The molecule has 0 aliphatic carbocycles. The van der Waals surface area contributed by atoms with E-state index in [4.69, 9.17) is 17.2 Å². The fraction of sp³-hybridized carbons (Fsp3) is 0.714. The van der Waals surface area contributed by atoms with Gasteiger partial charge in [0, 0.05) is 20.0 Å². The summed E-state index contributed by atoms with van der Waals surface area (Å²) >= 11 is 0. The van der Waals surface area contributed by atoms with Crippen LogP contribution in [0.5, 0.6) is 0 Å². The molecule has 0 fully saturated rings. The molecule has 0 spiro atoms. The lowest BCUT2D eigenvalue weighted by atomic mass is 10.1. The predicted molar refractivity (Wildman–Crippen MR) is 88.1 cm³/mol. The summed E-state index contributed by atoms with van der Waals surface area (Å²) in [5, 5.41) is 2.54. The summed E-state index contributed by atoms with van der Waals surface area (Å²) in [7, 11) is 0. The second kappa shape index (κ2) is 10.4. The quantitative estimate of drug-likeness (QED) is 0.218. The standard InChI is InChI=1S/C14H28N6O3/c1-9(2)7-20(10(3)21)8-12(22)19-11(13(15)23)5-4-6-18-14(16)17/h9,11H,4-8H2,1-3H3,(H2,15,23)(H,19,22)(H4,16,17,18). The summed E-state index contributed by atoms with van der Waals surface area (Å²) in [6.07, 6.45) is 0.816. The first-order chi connectivity index (χ1) is 10.6. The van der Waals surface area contributed by atoms with Crippen LogP contribution in [0, 0.1) is 5.92 Å². The first kappa shape index (κ1) is 20.7. The highest BCUT2D eigenvalue weighted by atomic mass is 16.2. The van der Waals surface area contributed by atoms with Crippen LogP contribution in [0.15, 0.2) is 4.99 Å². The molecule has 9 nitrogen and oxygen atoms in total. The molecule has 0 aliphatic rings. The van der Waals surface area contributed by atoms with Crippen LogP contribution in [-0.2, 0) is 14.4 Å². The smallest absolute Gasteiger partial charge is 0.240 e. The molecule has 0 aliphatic heterocycles. The topological polar surface area (TPSA) is 157 Å². The second-order valence-corrected chi connectivity index (χ2v) is 5.76. The first-order valence-electron chi connectivity index (χ1n) is 7.53. The van der Waals surface area contributed by atoms with Crippen LogP contribution in [0.4, 0.5) is 0 Å². The summed E-state index contributed by atoms with van der Waals surface area (Å²) in [4.78, 5) is 40.2. The molecule has 0 saturated carbocycles. The minimum absolute atomic E-state index is 0.0320. The van der Waals surface area contributed by atoms with Crippen molar-refractivity contribution in [2.75, 3.05) is 19.6 Å². The van der Waals surface area contributed by atoms with E-state index >= 15 is 0 Å². The highest BCUT2D eigenvalue weighted by Crippen LogP contribution is 2.01. The summed E-state index contributed by atoms with van der Waals surface area (Å²) < 4.78 is 0. The van der Waals surface area contributed by atoms with Crippen molar-refractivity contribution in [1.29, 1.82) is 0 Å². The molecule has 0 radical (unpaired) electrons. The average Bonchev–Trinajstić information content (AvgIpc) is 2.40. The molecule has 7 N–H and O–H groups in total. The Hall–Kier alpha value is -2.32. The Kier molecular flexibility index (Phi) is 9.36. The maximum Gasteiger partial charge on any atom is 0.240 e. The van der Waals surface area contributed by atoms with Crippen molar-refractivity contribution >= 4 is 23.7 Å². The number of nitrogens with zero attached hydrogens (tertiary/aromatic N) is 2. The van der Waals surface area contributed by atoms with Crippen LogP contribution in [0.1, 0.15) is 33.6 Å². The molecule has 23 heavy (non-hydrogen) atoms. The average molecular weight is 328 g/mol. The fourth-order valence-corrected chi connectivity index (χ4v) is 1.95. The molecule has 0 heterocycles. The number of amides is 3. The predicted octanol–water partition coefficient (Wildman–Crippen LogP) is -1.49. The highest BCUT2D eigenvalue weighted by molar-refractivity contribution is 5.89. The zero-order chi connectivity index (χ0) is 18.0. The van der Waals surface area contributed by atoms with E-state index in [2.05, 4.69) is 10.3 Å². The number of guanidine groups is 1. The number of carbonyl (C=O) groups is 3. The minimum Gasteiger partial charge on any atom is -0.370 e. The number of hydrogen-bond acceptors (Lipinski definition) is 4. The van der Waals surface area contributed by atoms with E-state index in [1.54, 1.807) is 0 Å². The zero-order valence-electron chi connectivity index (χ0n) is 14.0. The van der Waals surface area contributed by atoms with Crippen molar-refractivity contribution in [3.8, 4) is 0 Å². The van der Waals surface area contributed by atoms with Crippen LogP contribution >= 0.6 is 0 Å². The van der Waals surface area contributed by atoms with Gasteiger partial charge >= 0.3 is 0 Å². The van der Waals surface area contributed by atoms with Crippen LogP contribution in [-0.4, -0.2) is 54.3 Å². The van der Waals surface area contributed by atoms with Gasteiger partial charge < -0.3 is 27.4 Å². The third-order valence-electron chi connectivity index (χ3n) is 2.99. The Morgan fingerprint density at radius 2 is 1.78 bits per heavy atom. The van der Waals surface area contributed by atoms with E-state index in [1.807, 2.05) is 13.8 Å². The molecular formula is C14H28N6O3. The number of primary amides is 1. The third kappa shape index (κ3) is 10.1. The number of aliphatic imine (C=N–C) groups is 1. The molecule has 0 bridgehead atoms. The number of nitrogens with one attached hydrogen (secondary N) is 1. The SMILES string of the molecule is CC(=O)N(CC(=O)NC(CCCN=C(N)N)C(N)=O)CC(C)C. The van der Waals surface area contributed by atoms with Crippen molar-refractivity contribution in [2.24, 2.45) is 28.1 Å². The molecular weight excluding hydrogens is 300 g/mol. The minimum atomic E-state index is -0.815. The van der Waals surface area contributed by atoms with E-state index in [9.17, 15) is 14.4 Å². The van der Waals surface area contributed by atoms with Gasteiger partial charge in [-0.1, -0.05) is 13.8 Å². The van der Waals surface area contributed by atoms with Crippen molar-refractivity contribution in [3.63, 3.8) is 0 Å². The van der Waals surface area contributed by atoms with Gasteiger partial charge in [-0.25, -0.2) is 0 Å². The van der Waals surface area contributed by atoms with Crippen LogP contribution in [0.2, 0.25) is 0 Å². The Morgan fingerprint density at radius 3 is 2.22 bits per heavy atom. The van der Waals surface area contributed by atoms with Gasteiger partial charge in [0.05, 0.1) is 6.54 Å². The fourth-order valence-electron chi connectivity index (χ4n) is 1.95. The Bertz CT molecular complexity index is 446. The maximum atomic E-state index is 12.0. The molecule has 0 rings (SSSR count). The molecule has 1 unspecified atom stereocenters. The Labute approximate surface area is 136 Å². The number of hydrogen-bond donors (Lipinski definition) is 4. The van der Waals surface area contributed by atoms with E-state index in [1.165, 1.54) is 11.8 Å². The van der Waals surface area contributed by atoms with E-state index in [0.29, 0.717) is 25.9 Å². The Balaban J connectivity index is 4.51. The van der Waals surface area contributed by atoms with E-state index < -0.39 is 17.9 Å². The lowest BCUT2D eigenvalue weighted by Crippen LogP contribution is -2.49. The van der Waals surface area contributed by atoms with Gasteiger partial charge in [0.2, 0.25) is 17.7 Å². The number of rotatable bonds is 10. The highest BCUT2D eigenvalue weighted by Gasteiger charge is 2.20. The van der Waals surface area contributed by atoms with Gasteiger partial charge in [0.1, 0.15) is 6.04 Å². The van der Waals surface area contributed by atoms with E-state index in [-0.39, 0.29) is 24.3 Å². The molecule has 0 aromatic carbocycles. The van der Waals surface area contributed by atoms with Crippen LogP contribution in [0.25, 0.3) is 0 Å². The van der Waals surface area contributed by atoms with E-state index in [0.717, 1.165) is 0 Å². The molecule has 1 atom stereocenters. The summed E-state index contributed by atoms with van der Waals surface area (Å²) in [5.74, 6) is -1.06. The lowest BCUT2D eigenvalue weighted by molar-refractivity contribution is -0.135. The van der Waals surface area contributed by atoms with Crippen molar-refractivity contribution in [2.45, 2.75) is 39.7 Å². The van der Waals surface area contributed by atoms with Crippen LogP contribution in [0.3, 0.4) is 0 Å². The zero-order valence-corrected chi connectivity index (χ0v) is 14.0. The number of carbonyl (C=O) groups excluding carboxylic acids is 3. The second-order valence-electron chi connectivity index (χ2n) is 5.76. The molecule has 132 valence electrons. The summed E-state index contributed by atoms with van der Waals surface area (Å²) in [6, 6.07) is -0.815. The van der Waals surface area contributed by atoms with Gasteiger partial charge in [0.15, 0.2) is 5.96 Å². The normalized spacial score (nSPS) is 11.7. The summed E-state index contributed by atoms with van der Waals surface area (Å²) in [6.45, 7) is 6.00. The largest absolute Gasteiger partial charge is 0.370 e. The van der Waals surface area contributed by atoms with Crippen molar-refractivity contribution < 1.29 is 14.4 Å². The van der Waals surface area contributed by atoms with Crippen molar-refractivity contribution in [1.82, 2.24) is 10.2 Å². The third-order valence-corrected chi connectivity index (χ3v) is 2.99. The monoisotopic (exact) mass is 328 g/mol. The van der Waals surface area contributed by atoms with Gasteiger partial charge in [0.25, 0.3) is 0 Å². The maximum absolute atomic E-state index is 12.0. The molecule has 0 aromatic heterocycles. The first-order valence-corrected chi connectivity index (χ1v) is 7.53. The van der Waals surface area contributed by atoms with Crippen molar-refractivity contribution in [3.05, 3.63) is 0 Å². The molecule has 0 aromatic rings. The molecule has 3 amide bonds. The van der Waals surface area contributed by atoms with Crippen LogP contribution < -0.4 is 22.5 Å². The summed E-state index contributed by atoms with van der Waals surface area (Å²) in [5.41, 5.74) is 15.7. The number of nitrogens with two attached hydrogens (primary N) is 3. The lowest BCUT2D eigenvalue weighted by Gasteiger charge is -2.23.